The van der Waals surface area contributed by atoms with Gasteiger partial charge in [-0.2, -0.15) is 0 Å². The lowest BCUT2D eigenvalue weighted by Gasteiger charge is -2.19. The summed E-state index contributed by atoms with van der Waals surface area (Å²) >= 11 is 0. The number of aromatic nitrogens is 1. The number of fused-ring (bicyclic) bond motifs is 2. The normalized spacial score (nSPS) is 15.7. The zero-order valence-corrected chi connectivity index (χ0v) is 20.1. The highest BCUT2D eigenvalue weighted by molar-refractivity contribution is 6.01. The quantitative estimate of drug-likeness (QED) is 0.361. The summed E-state index contributed by atoms with van der Waals surface area (Å²) < 4.78 is 13.2. The van der Waals surface area contributed by atoms with Crippen molar-refractivity contribution in [3.8, 4) is 22.8 Å². The molecule has 2 amide bonds. The Morgan fingerprint density at radius 1 is 1.00 bits per heavy atom. The first kappa shape index (κ1) is 23.1. The lowest BCUT2D eigenvalue weighted by molar-refractivity contribution is -0.129. The van der Waals surface area contributed by atoms with E-state index in [4.69, 9.17) is 9.47 Å². The maximum Gasteiger partial charge on any atom is 0.316 e. The highest BCUT2D eigenvalue weighted by atomic mass is 16.7. The maximum atomic E-state index is 13.0. The molecule has 0 spiro atoms. The first-order chi connectivity index (χ1) is 17.0. The number of hydrogen-bond donors (Lipinski definition) is 0. The molecule has 2 aromatic carbocycles. The molecule has 1 fully saturated rings. The van der Waals surface area contributed by atoms with Crippen LogP contribution in [0.1, 0.15) is 60.4 Å². The molecule has 1 saturated carbocycles. The van der Waals surface area contributed by atoms with Crippen LogP contribution in [0.4, 0.5) is 0 Å². The molecule has 5 rings (SSSR count). The van der Waals surface area contributed by atoms with E-state index in [2.05, 4.69) is 5.18 Å². The molecule has 8 nitrogen and oxygen atoms in total. The number of carbonyl (C=O) groups is 2. The van der Waals surface area contributed by atoms with Crippen LogP contribution in [-0.2, 0) is 11.3 Å². The van der Waals surface area contributed by atoms with Crippen molar-refractivity contribution in [2.75, 3.05) is 20.9 Å². The van der Waals surface area contributed by atoms with Gasteiger partial charge in [0.1, 0.15) is 6.54 Å². The van der Waals surface area contributed by atoms with E-state index in [0.29, 0.717) is 17.4 Å². The molecule has 0 N–H and O–H groups in total. The summed E-state index contributed by atoms with van der Waals surface area (Å²) in [5, 5.41) is 3.61. The molecular weight excluding hydrogens is 446 g/mol. The van der Waals surface area contributed by atoms with E-state index < -0.39 is 5.91 Å². The molecule has 3 aromatic rings. The molecule has 0 atom stereocenters. The van der Waals surface area contributed by atoms with Gasteiger partial charge in [0.25, 0.3) is 0 Å². The summed E-state index contributed by atoms with van der Waals surface area (Å²) in [6.45, 7) is 0.284. The summed E-state index contributed by atoms with van der Waals surface area (Å²) in [6.07, 6.45) is 6.87. The van der Waals surface area contributed by atoms with Crippen molar-refractivity contribution >= 4 is 22.7 Å². The molecular formula is C27H29N3O5. The Bertz CT molecular complexity index is 1300. The van der Waals surface area contributed by atoms with Crippen molar-refractivity contribution in [3.63, 3.8) is 0 Å². The molecule has 1 aliphatic carbocycles. The third-order valence-corrected chi connectivity index (χ3v) is 7.14. The molecule has 8 heteroatoms. The molecule has 2 heterocycles. The third-order valence-electron chi connectivity index (χ3n) is 7.14. The van der Waals surface area contributed by atoms with Gasteiger partial charge in [-0.1, -0.05) is 31.7 Å². The van der Waals surface area contributed by atoms with Gasteiger partial charge in [-0.05, 0) is 54.7 Å². The van der Waals surface area contributed by atoms with Gasteiger partial charge in [0, 0.05) is 35.8 Å². The van der Waals surface area contributed by atoms with Crippen molar-refractivity contribution in [2.45, 2.75) is 51.0 Å². The van der Waals surface area contributed by atoms with Crippen LogP contribution in [-0.4, -0.2) is 42.2 Å². The van der Waals surface area contributed by atoms with E-state index >= 15 is 0 Å². The zero-order chi connectivity index (χ0) is 24.5. The largest absolute Gasteiger partial charge is 0.454 e. The Labute approximate surface area is 203 Å². The van der Waals surface area contributed by atoms with E-state index in [1.54, 1.807) is 31.1 Å². The third kappa shape index (κ3) is 4.29. The standard InChI is InChI=1S/C27H29N3O5/c1-29(2)24(31)15-30-21-13-19(27(32)28-33)9-11-20(21)25(17-7-5-3-4-6-8-17)26(30)18-10-12-22-23(14-18)35-16-34-22/h9-14,17H,3-8,15-16H2,1-2H3. The monoisotopic (exact) mass is 475 g/mol. The number of benzene rings is 2. The van der Waals surface area contributed by atoms with Crippen LogP contribution in [0.25, 0.3) is 22.2 Å². The minimum atomic E-state index is -0.820. The van der Waals surface area contributed by atoms with Gasteiger partial charge < -0.3 is 18.9 Å². The first-order valence-electron chi connectivity index (χ1n) is 12.1. The Balaban J connectivity index is 1.80. The molecule has 1 aliphatic heterocycles. The summed E-state index contributed by atoms with van der Waals surface area (Å²) in [4.78, 5) is 37.7. The molecule has 0 radical (unpaired) electrons. The van der Waals surface area contributed by atoms with Gasteiger partial charge in [0.05, 0.1) is 11.2 Å². The molecule has 0 bridgehead atoms. The number of nitrogens with zero attached hydrogens (tertiary/aromatic N) is 3. The van der Waals surface area contributed by atoms with Crippen LogP contribution >= 0.6 is 0 Å². The Hall–Kier alpha value is -3.68. The minimum Gasteiger partial charge on any atom is -0.454 e. The van der Waals surface area contributed by atoms with Crippen LogP contribution < -0.4 is 9.47 Å². The second-order valence-corrected chi connectivity index (χ2v) is 9.52. The summed E-state index contributed by atoms with van der Waals surface area (Å²) in [5.74, 6) is 0.801. The molecule has 0 saturated heterocycles. The second kappa shape index (κ2) is 9.52. The van der Waals surface area contributed by atoms with E-state index in [1.165, 1.54) is 18.4 Å². The number of rotatable bonds is 5. The number of ether oxygens (including phenoxy) is 2. The van der Waals surface area contributed by atoms with E-state index in [1.807, 2.05) is 28.8 Å². The number of amides is 2. The van der Waals surface area contributed by atoms with Gasteiger partial charge in [-0.15, -0.1) is 4.91 Å². The molecule has 0 unspecified atom stereocenters. The second-order valence-electron chi connectivity index (χ2n) is 9.52. The van der Waals surface area contributed by atoms with Crippen molar-refractivity contribution in [2.24, 2.45) is 5.18 Å². The van der Waals surface area contributed by atoms with Crippen LogP contribution in [0.15, 0.2) is 41.6 Å². The van der Waals surface area contributed by atoms with Gasteiger partial charge in [0.15, 0.2) is 11.5 Å². The number of carbonyl (C=O) groups excluding carboxylic acids is 2. The Morgan fingerprint density at radius 2 is 1.74 bits per heavy atom. The zero-order valence-electron chi connectivity index (χ0n) is 20.1. The first-order valence-corrected chi connectivity index (χ1v) is 12.1. The van der Waals surface area contributed by atoms with E-state index in [-0.39, 0.29) is 24.8 Å². The number of nitroso groups, excluding NO2 is 1. The fourth-order valence-corrected chi connectivity index (χ4v) is 5.34. The maximum absolute atomic E-state index is 13.0. The SMILES string of the molecule is CN(C)C(=O)Cn1c(-c2ccc3c(c2)OCO3)c(C2CCCCCC2)c2ccc(C(=O)N=O)cc21. The van der Waals surface area contributed by atoms with Crippen LogP contribution in [0, 0.1) is 4.91 Å². The van der Waals surface area contributed by atoms with Crippen molar-refractivity contribution in [3.05, 3.63) is 52.4 Å². The minimum absolute atomic E-state index is 0.0680. The van der Waals surface area contributed by atoms with Crippen LogP contribution in [0.5, 0.6) is 11.5 Å². The predicted molar refractivity (Wildman–Crippen MR) is 133 cm³/mol. The van der Waals surface area contributed by atoms with Crippen LogP contribution in [0.3, 0.4) is 0 Å². The lowest BCUT2D eigenvalue weighted by Crippen LogP contribution is -2.26. The Kier molecular flexibility index (Phi) is 6.28. The Morgan fingerprint density at radius 3 is 2.46 bits per heavy atom. The van der Waals surface area contributed by atoms with E-state index in [0.717, 1.165) is 47.8 Å². The molecule has 2 aliphatic rings. The summed E-state index contributed by atoms with van der Waals surface area (Å²) in [7, 11) is 3.46. The van der Waals surface area contributed by atoms with Crippen molar-refractivity contribution in [1.82, 2.24) is 9.47 Å². The molecule has 1 aromatic heterocycles. The van der Waals surface area contributed by atoms with Crippen molar-refractivity contribution < 1.29 is 19.1 Å². The molecule has 35 heavy (non-hydrogen) atoms. The average Bonchev–Trinajstić information content (AvgIpc) is 3.35. The van der Waals surface area contributed by atoms with Crippen LogP contribution in [0.2, 0.25) is 0 Å². The highest BCUT2D eigenvalue weighted by Gasteiger charge is 2.28. The topological polar surface area (TPSA) is 90.2 Å². The summed E-state index contributed by atoms with van der Waals surface area (Å²) in [6, 6.07) is 11.1. The lowest BCUT2D eigenvalue weighted by atomic mass is 9.87. The number of likely N-dealkylation sites (N-methyl/N-ethyl adjacent to an activating group) is 1. The van der Waals surface area contributed by atoms with Gasteiger partial charge in [-0.3, -0.25) is 9.59 Å². The predicted octanol–water partition coefficient (Wildman–Crippen LogP) is 5.47. The fraction of sp³-hybridized carbons (Fsp3) is 0.407. The highest BCUT2D eigenvalue weighted by Crippen LogP contribution is 2.45. The molecule has 182 valence electrons. The fourth-order valence-electron chi connectivity index (χ4n) is 5.34. The van der Waals surface area contributed by atoms with Gasteiger partial charge in [-0.25, -0.2) is 0 Å². The van der Waals surface area contributed by atoms with Gasteiger partial charge in [0.2, 0.25) is 12.7 Å². The van der Waals surface area contributed by atoms with Gasteiger partial charge >= 0.3 is 5.91 Å². The summed E-state index contributed by atoms with van der Waals surface area (Å²) in [5.41, 5.74) is 4.03. The smallest absolute Gasteiger partial charge is 0.316 e. The number of hydrogen-bond acceptors (Lipinski definition) is 5. The van der Waals surface area contributed by atoms with Crippen molar-refractivity contribution in [1.29, 1.82) is 0 Å². The van der Waals surface area contributed by atoms with E-state index in [9.17, 15) is 14.5 Å². The average molecular weight is 476 g/mol.